The fourth-order valence-corrected chi connectivity index (χ4v) is 2.24. The SMILES string of the molecule is CO/C=C/C(C)=C\Sc1c(C)cccc1C. The van der Waals surface area contributed by atoms with Crippen LogP contribution >= 0.6 is 11.8 Å². The number of ether oxygens (including phenoxy) is 1. The van der Waals surface area contributed by atoms with Crippen molar-refractivity contribution in [3.63, 3.8) is 0 Å². The fraction of sp³-hybridized carbons (Fsp3) is 0.286. The Kier molecular flexibility index (Phi) is 5.20. The van der Waals surface area contributed by atoms with Crippen molar-refractivity contribution in [2.45, 2.75) is 25.7 Å². The van der Waals surface area contributed by atoms with Gasteiger partial charge >= 0.3 is 0 Å². The minimum absolute atomic E-state index is 1.19. The average Bonchev–Trinajstić information content (AvgIpc) is 2.25. The van der Waals surface area contributed by atoms with Gasteiger partial charge in [0, 0.05) is 4.90 Å². The van der Waals surface area contributed by atoms with E-state index in [-0.39, 0.29) is 0 Å². The smallest absolute Gasteiger partial charge is 0.0827 e. The maximum atomic E-state index is 4.88. The van der Waals surface area contributed by atoms with Gasteiger partial charge in [-0.2, -0.15) is 0 Å². The predicted molar refractivity (Wildman–Crippen MR) is 71.7 cm³/mol. The van der Waals surface area contributed by atoms with E-state index in [4.69, 9.17) is 4.74 Å². The van der Waals surface area contributed by atoms with Gasteiger partial charge in [-0.25, -0.2) is 0 Å². The summed E-state index contributed by atoms with van der Waals surface area (Å²) in [5, 5.41) is 2.14. The molecule has 0 saturated carbocycles. The van der Waals surface area contributed by atoms with E-state index in [9.17, 15) is 0 Å². The number of methoxy groups -OCH3 is 1. The summed E-state index contributed by atoms with van der Waals surface area (Å²) in [5.74, 6) is 0. The Balaban J connectivity index is 2.78. The number of hydrogen-bond donors (Lipinski definition) is 0. The molecule has 0 spiro atoms. The fourth-order valence-electron chi connectivity index (χ4n) is 1.35. The molecule has 1 nitrogen and oxygen atoms in total. The van der Waals surface area contributed by atoms with Gasteiger partial charge in [0.15, 0.2) is 0 Å². The van der Waals surface area contributed by atoms with Crippen molar-refractivity contribution in [3.05, 3.63) is 52.6 Å². The molecule has 16 heavy (non-hydrogen) atoms. The predicted octanol–water partition coefficient (Wildman–Crippen LogP) is 4.46. The van der Waals surface area contributed by atoms with Gasteiger partial charge in [0.05, 0.1) is 13.4 Å². The summed E-state index contributed by atoms with van der Waals surface area (Å²) >= 11 is 1.76. The molecule has 0 unspecified atom stereocenters. The molecule has 86 valence electrons. The van der Waals surface area contributed by atoms with Crippen molar-refractivity contribution in [3.8, 4) is 0 Å². The molecule has 0 bridgehead atoms. The van der Waals surface area contributed by atoms with E-state index >= 15 is 0 Å². The van der Waals surface area contributed by atoms with E-state index in [1.54, 1.807) is 25.1 Å². The molecule has 0 heterocycles. The summed E-state index contributed by atoms with van der Waals surface area (Å²) in [4.78, 5) is 1.34. The molecule has 0 aliphatic rings. The van der Waals surface area contributed by atoms with E-state index < -0.39 is 0 Å². The summed E-state index contributed by atoms with van der Waals surface area (Å²) in [6, 6.07) is 6.38. The van der Waals surface area contributed by atoms with E-state index in [0.717, 1.165) is 0 Å². The van der Waals surface area contributed by atoms with E-state index in [2.05, 4.69) is 44.4 Å². The normalized spacial score (nSPS) is 12.1. The summed E-state index contributed by atoms with van der Waals surface area (Å²) in [6.07, 6.45) is 3.65. The first kappa shape index (κ1) is 12.9. The van der Waals surface area contributed by atoms with Crippen LogP contribution in [0.5, 0.6) is 0 Å². The monoisotopic (exact) mass is 234 g/mol. The summed E-state index contributed by atoms with van der Waals surface area (Å²) in [7, 11) is 1.66. The number of hydrogen-bond acceptors (Lipinski definition) is 2. The molecule has 1 aromatic carbocycles. The Hall–Kier alpha value is -1.15. The van der Waals surface area contributed by atoms with Crippen molar-refractivity contribution >= 4 is 11.8 Å². The van der Waals surface area contributed by atoms with Gasteiger partial charge in [-0.1, -0.05) is 30.0 Å². The van der Waals surface area contributed by atoms with Crippen LogP contribution in [0.3, 0.4) is 0 Å². The molecular formula is C14H18OS. The minimum atomic E-state index is 1.19. The summed E-state index contributed by atoms with van der Waals surface area (Å²) in [5.41, 5.74) is 3.84. The quantitative estimate of drug-likeness (QED) is 0.432. The Labute approximate surface area is 102 Å². The number of allylic oxidation sites excluding steroid dienone is 2. The first-order chi connectivity index (χ1) is 7.65. The average molecular weight is 234 g/mol. The van der Waals surface area contributed by atoms with Gasteiger partial charge in [0.2, 0.25) is 0 Å². The van der Waals surface area contributed by atoms with Crippen molar-refractivity contribution in [2.24, 2.45) is 0 Å². The molecule has 2 heteroatoms. The third-order valence-electron chi connectivity index (χ3n) is 2.24. The Bertz CT molecular complexity index is 385. The number of benzene rings is 1. The Morgan fingerprint density at radius 1 is 1.25 bits per heavy atom. The zero-order valence-electron chi connectivity index (χ0n) is 10.3. The zero-order valence-corrected chi connectivity index (χ0v) is 11.1. The van der Waals surface area contributed by atoms with Crippen molar-refractivity contribution in [1.82, 2.24) is 0 Å². The maximum Gasteiger partial charge on any atom is 0.0827 e. The lowest BCUT2D eigenvalue weighted by molar-refractivity contribution is 0.338. The molecule has 0 aliphatic carbocycles. The van der Waals surface area contributed by atoms with Crippen LogP contribution in [-0.4, -0.2) is 7.11 Å². The van der Waals surface area contributed by atoms with Crippen LogP contribution in [0.15, 0.2) is 46.4 Å². The van der Waals surface area contributed by atoms with Crippen LogP contribution in [0.25, 0.3) is 0 Å². The molecule has 0 aromatic heterocycles. The lowest BCUT2D eigenvalue weighted by Gasteiger charge is -2.06. The van der Waals surface area contributed by atoms with E-state index in [0.29, 0.717) is 0 Å². The molecular weight excluding hydrogens is 216 g/mol. The van der Waals surface area contributed by atoms with Gasteiger partial charge in [-0.3, -0.25) is 0 Å². The van der Waals surface area contributed by atoms with E-state index in [1.807, 2.05) is 6.08 Å². The number of rotatable bonds is 4. The standard InChI is InChI=1S/C14H18OS/c1-11(8-9-15-4)10-16-14-12(2)6-5-7-13(14)3/h5-10H,1-4H3/b9-8+,11-10-. The van der Waals surface area contributed by atoms with Gasteiger partial charge in [0.1, 0.15) is 0 Å². The molecule has 0 fully saturated rings. The number of aryl methyl sites for hydroxylation is 2. The highest BCUT2D eigenvalue weighted by Gasteiger charge is 2.00. The van der Waals surface area contributed by atoms with Crippen LogP contribution in [0.1, 0.15) is 18.1 Å². The lowest BCUT2D eigenvalue weighted by Crippen LogP contribution is -1.82. The Morgan fingerprint density at radius 3 is 2.44 bits per heavy atom. The number of thioether (sulfide) groups is 1. The third-order valence-corrected chi connectivity index (χ3v) is 3.61. The molecule has 0 aliphatic heterocycles. The van der Waals surface area contributed by atoms with Crippen LogP contribution < -0.4 is 0 Å². The summed E-state index contributed by atoms with van der Waals surface area (Å²) < 4.78 is 4.88. The summed E-state index contributed by atoms with van der Waals surface area (Å²) in [6.45, 7) is 6.35. The zero-order chi connectivity index (χ0) is 12.0. The maximum absolute atomic E-state index is 4.88. The van der Waals surface area contributed by atoms with Gasteiger partial charge in [-0.15, -0.1) is 0 Å². The highest BCUT2D eigenvalue weighted by atomic mass is 32.2. The van der Waals surface area contributed by atoms with Crippen molar-refractivity contribution in [2.75, 3.05) is 7.11 Å². The highest BCUT2D eigenvalue weighted by Crippen LogP contribution is 2.27. The first-order valence-electron chi connectivity index (χ1n) is 5.24. The Morgan fingerprint density at radius 2 is 1.88 bits per heavy atom. The second-order valence-electron chi connectivity index (χ2n) is 3.74. The lowest BCUT2D eigenvalue weighted by atomic mass is 10.2. The van der Waals surface area contributed by atoms with Gasteiger partial charge in [0.25, 0.3) is 0 Å². The second kappa shape index (κ2) is 6.44. The minimum Gasteiger partial charge on any atom is -0.504 e. The van der Waals surface area contributed by atoms with Crippen LogP contribution in [0, 0.1) is 13.8 Å². The van der Waals surface area contributed by atoms with Crippen LogP contribution in [0.4, 0.5) is 0 Å². The van der Waals surface area contributed by atoms with Gasteiger partial charge in [-0.05, 0) is 49.0 Å². The first-order valence-corrected chi connectivity index (χ1v) is 6.12. The second-order valence-corrected chi connectivity index (χ2v) is 4.62. The van der Waals surface area contributed by atoms with E-state index in [1.165, 1.54) is 21.6 Å². The molecule has 1 aromatic rings. The largest absolute Gasteiger partial charge is 0.504 e. The third kappa shape index (κ3) is 3.78. The van der Waals surface area contributed by atoms with Gasteiger partial charge < -0.3 is 4.74 Å². The molecule has 1 rings (SSSR count). The molecule has 0 amide bonds. The molecule has 0 N–H and O–H groups in total. The van der Waals surface area contributed by atoms with Crippen molar-refractivity contribution in [1.29, 1.82) is 0 Å². The topological polar surface area (TPSA) is 9.23 Å². The molecule has 0 atom stereocenters. The molecule has 0 radical (unpaired) electrons. The highest BCUT2D eigenvalue weighted by molar-refractivity contribution is 8.02. The van der Waals surface area contributed by atoms with Crippen LogP contribution in [-0.2, 0) is 4.74 Å². The van der Waals surface area contributed by atoms with Crippen LogP contribution in [0.2, 0.25) is 0 Å². The van der Waals surface area contributed by atoms with Crippen molar-refractivity contribution < 1.29 is 4.74 Å². The molecule has 0 saturated heterocycles.